The van der Waals surface area contributed by atoms with Crippen LogP contribution in [0.5, 0.6) is 0 Å². The molecule has 2 aromatic carbocycles. The molecule has 2 aromatic rings. The van der Waals surface area contributed by atoms with Crippen molar-refractivity contribution in [1.82, 2.24) is 5.32 Å². The number of hydrogen-bond acceptors (Lipinski definition) is 4. The van der Waals surface area contributed by atoms with Crippen LogP contribution in [-0.2, 0) is 22.4 Å². The number of carbonyl (C=O) groups is 2. The molecule has 5 N–H and O–H groups in total. The Kier molecular flexibility index (Phi) is 9.02. The van der Waals surface area contributed by atoms with Gasteiger partial charge in [-0.05, 0) is 23.3 Å². The van der Waals surface area contributed by atoms with E-state index in [4.69, 9.17) is 28.9 Å². The fraction of sp³-hybridized carbons (Fsp3) is 0.273. The fourth-order valence-corrected chi connectivity index (χ4v) is 4.02. The number of nitrogens with one attached hydrogen (secondary N) is 2. The third-order valence-corrected chi connectivity index (χ3v) is 5.32. The van der Waals surface area contributed by atoms with Gasteiger partial charge in [-0.15, -0.1) is 12.4 Å². The largest absolute Gasteiger partial charge is 0.480 e. The van der Waals surface area contributed by atoms with Gasteiger partial charge in [0.05, 0.1) is 19.0 Å². The number of halogens is 3. The molecule has 0 saturated heterocycles. The topological polar surface area (TPSA) is 104 Å². The van der Waals surface area contributed by atoms with Gasteiger partial charge in [-0.3, -0.25) is 4.79 Å². The van der Waals surface area contributed by atoms with Crippen molar-refractivity contribution in [2.24, 2.45) is 5.73 Å². The number of aliphatic carboxylic acids is 1. The second-order valence-electron chi connectivity index (χ2n) is 6.97. The molecule has 0 bridgehead atoms. The number of rotatable bonds is 5. The van der Waals surface area contributed by atoms with Gasteiger partial charge in [-0.25, -0.2) is 4.79 Å². The van der Waals surface area contributed by atoms with Gasteiger partial charge in [-0.1, -0.05) is 59.3 Å². The summed E-state index contributed by atoms with van der Waals surface area (Å²) in [6, 6.07) is 9.40. The molecule has 9 heteroatoms. The van der Waals surface area contributed by atoms with Gasteiger partial charge in [-0.2, -0.15) is 0 Å². The second-order valence-corrected chi connectivity index (χ2v) is 7.81. The molecule has 164 valence electrons. The lowest BCUT2D eigenvalue weighted by atomic mass is 9.92. The molecule has 1 amide bonds. The zero-order valence-corrected chi connectivity index (χ0v) is 18.8. The molecule has 1 aliphatic rings. The smallest absolute Gasteiger partial charge is 0.326 e. The summed E-state index contributed by atoms with van der Waals surface area (Å²) in [5.41, 5.74) is 8.39. The van der Waals surface area contributed by atoms with Crippen molar-refractivity contribution in [1.29, 1.82) is 0 Å². The summed E-state index contributed by atoms with van der Waals surface area (Å²) >= 11 is 12.4. The minimum atomic E-state index is -1.01. The van der Waals surface area contributed by atoms with Crippen LogP contribution in [0.25, 0.3) is 0 Å². The highest BCUT2D eigenvalue weighted by molar-refractivity contribution is 6.35. The lowest BCUT2D eigenvalue weighted by Gasteiger charge is -2.32. The number of fused-ring (bicyclic) bond motifs is 1. The molecule has 6 nitrogen and oxygen atoms in total. The van der Waals surface area contributed by atoms with Crippen molar-refractivity contribution in [2.75, 3.05) is 11.9 Å². The van der Waals surface area contributed by atoms with E-state index in [2.05, 4.69) is 22.5 Å². The Morgan fingerprint density at radius 2 is 1.84 bits per heavy atom. The van der Waals surface area contributed by atoms with E-state index in [1.807, 2.05) is 24.3 Å². The van der Waals surface area contributed by atoms with Crippen LogP contribution in [0, 0.1) is 11.8 Å². The minimum absolute atomic E-state index is 0. The highest BCUT2D eigenvalue weighted by Crippen LogP contribution is 2.39. The zero-order chi connectivity index (χ0) is 21.7. The van der Waals surface area contributed by atoms with Gasteiger partial charge < -0.3 is 21.5 Å². The molecule has 0 unspecified atom stereocenters. The molecule has 1 aliphatic heterocycles. The summed E-state index contributed by atoms with van der Waals surface area (Å²) < 4.78 is 0. The van der Waals surface area contributed by atoms with Gasteiger partial charge >= 0.3 is 5.97 Å². The maximum Gasteiger partial charge on any atom is 0.326 e. The van der Waals surface area contributed by atoms with Crippen molar-refractivity contribution in [3.8, 4) is 11.8 Å². The van der Waals surface area contributed by atoms with Crippen LogP contribution in [0.4, 0.5) is 5.69 Å². The van der Waals surface area contributed by atoms with Crippen molar-refractivity contribution < 1.29 is 14.7 Å². The normalized spacial score (nSPS) is 16.6. The van der Waals surface area contributed by atoms with Crippen LogP contribution < -0.4 is 16.4 Å². The summed E-state index contributed by atoms with van der Waals surface area (Å²) in [5.74, 6) is 4.55. The molecule has 0 radical (unpaired) electrons. The van der Waals surface area contributed by atoms with Crippen LogP contribution in [0.1, 0.15) is 29.2 Å². The Bertz CT molecular complexity index is 1020. The second kappa shape index (κ2) is 11.3. The average molecular weight is 483 g/mol. The van der Waals surface area contributed by atoms with Crippen LogP contribution >= 0.6 is 35.6 Å². The molecular formula is C22H22Cl3N3O3. The van der Waals surface area contributed by atoms with Crippen molar-refractivity contribution in [3.63, 3.8) is 0 Å². The zero-order valence-electron chi connectivity index (χ0n) is 16.5. The molecule has 0 saturated carbocycles. The molecule has 2 atom stereocenters. The summed E-state index contributed by atoms with van der Waals surface area (Å²) in [5, 5.41) is 16.0. The van der Waals surface area contributed by atoms with Crippen LogP contribution in [-0.4, -0.2) is 29.6 Å². The third kappa shape index (κ3) is 6.52. The summed E-state index contributed by atoms with van der Waals surface area (Å²) in [6.07, 6.45) is 0.943. The molecule has 0 aliphatic carbocycles. The number of benzene rings is 2. The highest BCUT2D eigenvalue weighted by atomic mass is 35.5. The van der Waals surface area contributed by atoms with Crippen LogP contribution in [0.3, 0.4) is 0 Å². The average Bonchev–Trinajstić information content (AvgIpc) is 2.68. The van der Waals surface area contributed by atoms with Crippen molar-refractivity contribution in [2.45, 2.75) is 31.3 Å². The summed E-state index contributed by atoms with van der Waals surface area (Å²) in [4.78, 5) is 24.2. The van der Waals surface area contributed by atoms with E-state index in [1.54, 1.807) is 12.1 Å². The summed E-state index contributed by atoms with van der Waals surface area (Å²) in [6.45, 7) is 0.330. The monoisotopic (exact) mass is 481 g/mol. The first-order valence-electron chi connectivity index (χ1n) is 9.38. The Labute approximate surface area is 196 Å². The first-order chi connectivity index (χ1) is 14.4. The molecule has 0 fully saturated rings. The lowest BCUT2D eigenvalue weighted by Crippen LogP contribution is -2.41. The maximum absolute atomic E-state index is 12.7. The predicted octanol–water partition coefficient (Wildman–Crippen LogP) is 3.59. The van der Waals surface area contributed by atoms with Crippen molar-refractivity contribution >= 4 is 53.2 Å². The molecule has 31 heavy (non-hydrogen) atoms. The van der Waals surface area contributed by atoms with Gasteiger partial charge in [0.1, 0.15) is 6.04 Å². The van der Waals surface area contributed by atoms with Crippen molar-refractivity contribution in [3.05, 3.63) is 63.1 Å². The van der Waals surface area contributed by atoms with E-state index in [-0.39, 0.29) is 31.2 Å². The summed E-state index contributed by atoms with van der Waals surface area (Å²) in [7, 11) is 0. The van der Waals surface area contributed by atoms with Crippen LogP contribution in [0.15, 0.2) is 36.4 Å². The molecule has 0 spiro atoms. The number of anilines is 1. The van der Waals surface area contributed by atoms with E-state index in [9.17, 15) is 14.7 Å². The Hall–Kier alpha value is -2.43. The van der Waals surface area contributed by atoms with E-state index < -0.39 is 18.1 Å². The number of carboxylic acids is 1. The van der Waals surface area contributed by atoms with Gasteiger partial charge in [0.15, 0.2) is 0 Å². The molecule has 1 heterocycles. The SMILES string of the molecule is Cl.NCC#CCc1ccc(CC(=O)N[C@H]2C[C@H](C(=O)O)Nc3cc(Cl)cc(Cl)c32)cc1. The van der Waals surface area contributed by atoms with E-state index in [0.717, 1.165) is 11.1 Å². The Morgan fingerprint density at radius 3 is 2.48 bits per heavy atom. The fourth-order valence-electron chi connectivity index (χ4n) is 3.39. The molecular weight excluding hydrogens is 461 g/mol. The standard InChI is InChI=1S/C22H21Cl2N3O3.ClH/c23-15-10-16(24)21-17(11-15)26-19(22(29)30)12-18(21)27-20(28)9-14-6-4-13(5-7-14)3-1-2-8-25;/h4-7,10-11,18-19,26H,3,8-9,12,25H2,(H,27,28)(H,29,30);1H/t18-,19+;/m0./s1. The minimum Gasteiger partial charge on any atom is -0.480 e. The molecule has 3 rings (SSSR count). The van der Waals surface area contributed by atoms with Gasteiger partial charge in [0, 0.05) is 34.1 Å². The first kappa shape index (κ1) is 24.8. The first-order valence-corrected chi connectivity index (χ1v) is 10.1. The lowest BCUT2D eigenvalue weighted by molar-refractivity contribution is -0.138. The van der Waals surface area contributed by atoms with E-state index in [0.29, 0.717) is 34.3 Å². The quantitative estimate of drug-likeness (QED) is 0.488. The van der Waals surface area contributed by atoms with Crippen LogP contribution in [0.2, 0.25) is 10.0 Å². The van der Waals surface area contributed by atoms with Gasteiger partial charge in [0.25, 0.3) is 0 Å². The number of carbonyl (C=O) groups excluding carboxylic acids is 1. The Morgan fingerprint density at radius 1 is 1.16 bits per heavy atom. The molecule has 0 aromatic heterocycles. The van der Waals surface area contributed by atoms with E-state index >= 15 is 0 Å². The number of amides is 1. The number of nitrogens with two attached hydrogens (primary N) is 1. The Balaban J connectivity index is 0.00000341. The third-order valence-electron chi connectivity index (χ3n) is 4.78. The number of carboxylic acid groups (broad SMARTS) is 1. The maximum atomic E-state index is 12.7. The number of hydrogen-bond donors (Lipinski definition) is 4. The predicted molar refractivity (Wildman–Crippen MR) is 125 cm³/mol. The van der Waals surface area contributed by atoms with Gasteiger partial charge in [0.2, 0.25) is 5.91 Å². The van der Waals surface area contributed by atoms with E-state index in [1.165, 1.54) is 0 Å². The highest BCUT2D eigenvalue weighted by Gasteiger charge is 2.33.